The van der Waals surface area contributed by atoms with Crippen LogP contribution in [0.2, 0.25) is 5.02 Å². The minimum absolute atomic E-state index is 0.0878. The standard InChI is InChI=1S/C26H28ClFN4O/c1-14(23-22(33-4)10-9-21(28)25(23)27)20-13-30-26-19(20)11-17(12-29-26)24-15(2)31-32(16(24)3)18-7-5-6-8-18/h9-14,18H,5-8H2,1-4H3,(H,29,30). The maximum absolute atomic E-state index is 14.3. The second kappa shape index (κ2) is 8.49. The molecule has 3 aromatic heterocycles. The van der Waals surface area contributed by atoms with Gasteiger partial charge in [-0.1, -0.05) is 31.4 Å². The van der Waals surface area contributed by atoms with Gasteiger partial charge in [-0.2, -0.15) is 5.10 Å². The number of fused-ring (bicyclic) bond motifs is 1. The van der Waals surface area contributed by atoms with Crippen molar-refractivity contribution in [3.05, 3.63) is 63.9 Å². The zero-order valence-corrected chi connectivity index (χ0v) is 20.1. The van der Waals surface area contributed by atoms with Gasteiger partial charge in [0.2, 0.25) is 0 Å². The van der Waals surface area contributed by atoms with E-state index in [1.165, 1.54) is 37.4 Å². The molecule has 0 saturated heterocycles. The largest absolute Gasteiger partial charge is 0.496 e. The molecule has 1 atom stereocenters. The number of H-pyrrole nitrogens is 1. The van der Waals surface area contributed by atoms with Crippen LogP contribution in [0, 0.1) is 19.7 Å². The van der Waals surface area contributed by atoms with E-state index < -0.39 is 5.82 Å². The minimum Gasteiger partial charge on any atom is -0.496 e. The quantitative estimate of drug-likeness (QED) is 0.341. The van der Waals surface area contributed by atoms with Crippen molar-refractivity contribution in [2.75, 3.05) is 7.11 Å². The van der Waals surface area contributed by atoms with Crippen LogP contribution in [0.25, 0.3) is 22.2 Å². The van der Waals surface area contributed by atoms with Crippen LogP contribution in [0.4, 0.5) is 4.39 Å². The van der Waals surface area contributed by atoms with Crippen LogP contribution in [0.1, 0.15) is 67.1 Å². The van der Waals surface area contributed by atoms with Gasteiger partial charge in [-0.15, -0.1) is 0 Å². The summed E-state index contributed by atoms with van der Waals surface area (Å²) < 4.78 is 22.0. The lowest BCUT2D eigenvalue weighted by molar-refractivity contribution is 0.407. The number of nitrogens with one attached hydrogen (secondary N) is 1. The Balaban J connectivity index is 1.61. The fourth-order valence-corrected chi connectivity index (χ4v) is 5.71. The van der Waals surface area contributed by atoms with Crippen LogP contribution >= 0.6 is 11.6 Å². The highest BCUT2D eigenvalue weighted by Gasteiger charge is 2.25. The molecule has 7 heteroatoms. The number of rotatable bonds is 5. The minimum atomic E-state index is -0.455. The van der Waals surface area contributed by atoms with E-state index in [9.17, 15) is 4.39 Å². The van der Waals surface area contributed by atoms with Crippen LogP contribution in [0.3, 0.4) is 0 Å². The molecule has 172 valence electrons. The van der Waals surface area contributed by atoms with E-state index in [0.29, 0.717) is 17.4 Å². The molecular weight excluding hydrogens is 439 g/mol. The molecule has 5 nitrogen and oxygen atoms in total. The number of benzene rings is 1. The normalized spacial score (nSPS) is 15.5. The molecule has 0 bridgehead atoms. The molecule has 1 aliphatic carbocycles. The molecule has 1 N–H and O–H groups in total. The molecule has 0 aliphatic heterocycles. The van der Waals surface area contributed by atoms with Crippen molar-refractivity contribution >= 4 is 22.6 Å². The lowest BCUT2D eigenvalue weighted by atomic mass is 9.91. The van der Waals surface area contributed by atoms with Gasteiger partial charge in [-0.05, 0) is 50.5 Å². The third kappa shape index (κ3) is 3.61. The topological polar surface area (TPSA) is 55.7 Å². The molecule has 5 rings (SSSR count). The van der Waals surface area contributed by atoms with Crippen molar-refractivity contribution in [3.63, 3.8) is 0 Å². The van der Waals surface area contributed by atoms with E-state index in [1.54, 1.807) is 13.2 Å². The first-order valence-electron chi connectivity index (χ1n) is 11.5. The maximum Gasteiger partial charge on any atom is 0.142 e. The summed E-state index contributed by atoms with van der Waals surface area (Å²) in [6.07, 6.45) is 8.74. The number of hydrogen-bond acceptors (Lipinski definition) is 3. The highest BCUT2D eigenvalue weighted by Crippen LogP contribution is 2.41. The summed E-state index contributed by atoms with van der Waals surface area (Å²) in [4.78, 5) is 7.95. The van der Waals surface area contributed by atoms with Crippen LogP contribution in [0.5, 0.6) is 5.75 Å². The molecule has 1 saturated carbocycles. The van der Waals surface area contributed by atoms with Crippen molar-refractivity contribution in [2.45, 2.75) is 58.4 Å². The second-order valence-corrected chi connectivity index (χ2v) is 9.37. The number of aryl methyl sites for hydroxylation is 1. The third-order valence-corrected chi connectivity index (χ3v) is 7.44. The molecule has 0 radical (unpaired) electrons. The third-order valence-electron chi connectivity index (χ3n) is 7.06. The fraction of sp³-hybridized carbons (Fsp3) is 0.385. The molecule has 4 aromatic rings. The van der Waals surface area contributed by atoms with Crippen molar-refractivity contribution in [1.29, 1.82) is 0 Å². The number of methoxy groups -OCH3 is 1. The van der Waals surface area contributed by atoms with Crippen LogP contribution in [0.15, 0.2) is 30.6 Å². The van der Waals surface area contributed by atoms with Gasteiger partial charge < -0.3 is 9.72 Å². The Morgan fingerprint density at radius 1 is 1.24 bits per heavy atom. The number of halogens is 2. The van der Waals surface area contributed by atoms with E-state index in [2.05, 4.69) is 29.6 Å². The molecule has 3 heterocycles. The summed E-state index contributed by atoms with van der Waals surface area (Å²) in [6, 6.07) is 5.59. The Hall–Kier alpha value is -2.86. The molecule has 1 aromatic carbocycles. The smallest absolute Gasteiger partial charge is 0.142 e. The Bertz CT molecular complexity index is 1340. The van der Waals surface area contributed by atoms with Crippen molar-refractivity contribution in [2.24, 2.45) is 0 Å². The van der Waals surface area contributed by atoms with Crippen LogP contribution < -0.4 is 4.74 Å². The molecule has 1 unspecified atom stereocenters. The number of ether oxygens (including phenoxy) is 1. The number of hydrogen-bond donors (Lipinski definition) is 1. The second-order valence-electron chi connectivity index (χ2n) is 8.99. The zero-order chi connectivity index (χ0) is 23.3. The molecule has 1 fully saturated rings. The van der Waals surface area contributed by atoms with Crippen LogP contribution in [-0.2, 0) is 0 Å². The average Bonchev–Trinajstić information content (AvgIpc) is 3.54. The monoisotopic (exact) mass is 466 g/mol. The van der Waals surface area contributed by atoms with Crippen LogP contribution in [-0.4, -0.2) is 26.9 Å². The Labute approximate surface area is 197 Å². The molecule has 1 aliphatic rings. The lowest BCUT2D eigenvalue weighted by Crippen LogP contribution is -2.08. The summed E-state index contributed by atoms with van der Waals surface area (Å²) in [5.41, 5.74) is 6.77. The summed E-state index contributed by atoms with van der Waals surface area (Å²) in [5, 5.41) is 5.96. The Morgan fingerprint density at radius 3 is 2.73 bits per heavy atom. The predicted molar refractivity (Wildman–Crippen MR) is 130 cm³/mol. The summed E-state index contributed by atoms with van der Waals surface area (Å²) in [6.45, 7) is 6.22. The SMILES string of the molecule is COc1ccc(F)c(Cl)c1C(C)c1c[nH]c2ncc(-c3c(C)nn(C4CCCC4)c3C)cc12. The number of pyridine rings is 1. The van der Waals surface area contributed by atoms with E-state index in [-0.39, 0.29) is 10.9 Å². The highest BCUT2D eigenvalue weighted by atomic mass is 35.5. The number of nitrogens with zero attached hydrogens (tertiary/aromatic N) is 3. The van der Waals surface area contributed by atoms with Gasteiger partial charge in [-0.25, -0.2) is 9.37 Å². The molecule has 0 amide bonds. The molecule has 0 spiro atoms. The van der Waals surface area contributed by atoms with E-state index in [4.69, 9.17) is 26.4 Å². The van der Waals surface area contributed by atoms with E-state index >= 15 is 0 Å². The van der Waals surface area contributed by atoms with E-state index in [1.807, 2.05) is 19.3 Å². The zero-order valence-electron chi connectivity index (χ0n) is 19.4. The molecular formula is C26H28ClFN4O. The Kier molecular flexibility index (Phi) is 5.65. The van der Waals surface area contributed by atoms with Gasteiger partial charge in [0.25, 0.3) is 0 Å². The van der Waals surface area contributed by atoms with Gasteiger partial charge in [0.05, 0.1) is 23.9 Å². The lowest BCUT2D eigenvalue weighted by Gasteiger charge is -2.17. The van der Waals surface area contributed by atoms with Gasteiger partial charge >= 0.3 is 0 Å². The first-order chi connectivity index (χ1) is 15.9. The fourth-order valence-electron chi connectivity index (χ4n) is 5.39. The van der Waals surface area contributed by atoms with Gasteiger partial charge in [-0.3, -0.25) is 4.68 Å². The van der Waals surface area contributed by atoms with Gasteiger partial charge in [0.1, 0.15) is 17.2 Å². The first-order valence-corrected chi connectivity index (χ1v) is 11.8. The molecule has 33 heavy (non-hydrogen) atoms. The maximum atomic E-state index is 14.3. The van der Waals surface area contributed by atoms with Crippen molar-refractivity contribution < 1.29 is 9.13 Å². The van der Waals surface area contributed by atoms with Crippen molar-refractivity contribution in [3.8, 4) is 16.9 Å². The number of aromatic nitrogens is 4. The number of aromatic amines is 1. The Morgan fingerprint density at radius 2 is 2.00 bits per heavy atom. The van der Waals surface area contributed by atoms with Crippen molar-refractivity contribution in [1.82, 2.24) is 19.7 Å². The summed E-state index contributed by atoms with van der Waals surface area (Å²) in [7, 11) is 1.57. The average molecular weight is 467 g/mol. The summed E-state index contributed by atoms with van der Waals surface area (Å²) in [5.74, 6) is -0.0854. The van der Waals surface area contributed by atoms with Gasteiger partial charge in [0, 0.05) is 46.1 Å². The summed E-state index contributed by atoms with van der Waals surface area (Å²) >= 11 is 6.38. The van der Waals surface area contributed by atoms with E-state index in [0.717, 1.165) is 33.4 Å². The predicted octanol–water partition coefficient (Wildman–Crippen LogP) is 7.11. The first kappa shape index (κ1) is 22.0. The van der Waals surface area contributed by atoms with Gasteiger partial charge in [0.15, 0.2) is 0 Å². The highest BCUT2D eigenvalue weighted by molar-refractivity contribution is 6.31.